The van der Waals surface area contributed by atoms with Gasteiger partial charge in [0.15, 0.2) is 5.84 Å². The van der Waals surface area contributed by atoms with E-state index in [1.54, 1.807) is 11.0 Å². The number of piperazine rings is 2. The molecule has 0 aromatic carbocycles. The molecule has 2 fully saturated rings. The predicted molar refractivity (Wildman–Crippen MR) is 102 cm³/mol. The first-order valence-corrected chi connectivity index (χ1v) is 9.08. The first-order chi connectivity index (χ1) is 12.0. The highest BCUT2D eigenvalue weighted by Crippen LogP contribution is 2.32. The monoisotopic (exact) mass is 382 g/mol. The molecule has 0 aliphatic carbocycles. The molecular weight excluding hydrogens is 356 g/mol. The van der Waals surface area contributed by atoms with Crippen LogP contribution in [0, 0.1) is 0 Å². The molecule has 26 heavy (non-hydrogen) atoms. The van der Waals surface area contributed by atoms with Crippen LogP contribution < -0.4 is 5.32 Å². The maximum atomic E-state index is 13.0. The maximum Gasteiger partial charge on any atom is 0.410 e. The van der Waals surface area contributed by atoms with E-state index in [0.29, 0.717) is 31.0 Å². The van der Waals surface area contributed by atoms with Gasteiger partial charge in [0.2, 0.25) is 0 Å². The molecule has 0 aromatic heterocycles. The van der Waals surface area contributed by atoms with Crippen LogP contribution in [0.25, 0.3) is 0 Å². The van der Waals surface area contributed by atoms with Crippen molar-refractivity contribution in [2.45, 2.75) is 52.2 Å². The summed E-state index contributed by atoms with van der Waals surface area (Å²) in [6.07, 6.45) is 1.86. The van der Waals surface area contributed by atoms with E-state index in [9.17, 15) is 9.59 Å². The molecule has 1 N–H and O–H groups in total. The summed E-state index contributed by atoms with van der Waals surface area (Å²) in [5.74, 6) is 0.401. The van der Waals surface area contributed by atoms with E-state index in [0.717, 1.165) is 0 Å². The van der Waals surface area contributed by atoms with Crippen molar-refractivity contribution in [2.75, 3.05) is 19.6 Å². The van der Waals surface area contributed by atoms with E-state index in [1.165, 1.54) is 0 Å². The zero-order chi connectivity index (χ0) is 19.7. The molecule has 2 aliphatic rings. The summed E-state index contributed by atoms with van der Waals surface area (Å²) in [5.41, 5.74) is -0.928. The lowest BCUT2D eigenvalue weighted by Crippen LogP contribution is -2.74. The number of hydrogen-bond acceptors (Lipinski definition) is 4. The number of hydrogen-bond donors (Lipinski definition) is 1. The number of fused-ring (bicyclic) bond motifs is 1. The van der Waals surface area contributed by atoms with Gasteiger partial charge in [0.1, 0.15) is 16.3 Å². The summed E-state index contributed by atoms with van der Waals surface area (Å²) >= 11 is 5.91. The number of amides is 2. The Hall–Kier alpha value is -2.02. The molecule has 0 aromatic rings. The van der Waals surface area contributed by atoms with Crippen LogP contribution in [0.1, 0.15) is 41.0 Å². The Bertz CT molecular complexity index is 680. The minimum absolute atomic E-state index is 0.134. The molecule has 0 saturated carbocycles. The highest BCUT2D eigenvalue weighted by molar-refractivity contribution is 6.30. The van der Waals surface area contributed by atoms with Crippen molar-refractivity contribution in [2.24, 2.45) is 4.99 Å². The minimum Gasteiger partial charge on any atom is -0.444 e. The van der Waals surface area contributed by atoms with Gasteiger partial charge in [-0.3, -0.25) is 4.79 Å². The third-order valence-corrected chi connectivity index (χ3v) is 4.57. The number of carbonyl (C=O) groups is 2. The van der Waals surface area contributed by atoms with Crippen molar-refractivity contribution in [3.63, 3.8) is 0 Å². The number of nitrogens with zero attached hydrogens (tertiary/aromatic N) is 3. The van der Waals surface area contributed by atoms with Gasteiger partial charge >= 0.3 is 6.09 Å². The zero-order valence-electron chi connectivity index (χ0n) is 16.1. The Labute approximate surface area is 159 Å². The number of allylic oxidation sites excluding steroid dienone is 1. The number of carbonyl (C=O) groups excluding carboxylic acids is 2. The zero-order valence-corrected chi connectivity index (χ0v) is 16.8. The summed E-state index contributed by atoms with van der Waals surface area (Å²) < 4.78 is 5.48. The van der Waals surface area contributed by atoms with Gasteiger partial charge in [-0.2, -0.15) is 0 Å². The van der Waals surface area contributed by atoms with Crippen LogP contribution in [0.4, 0.5) is 4.79 Å². The lowest BCUT2D eigenvalue weighted by atomic mass is 9.86. The first kappa shape index (κ1) is 20.3. The SMILES string of the molecule is C=C(Cl)/N=C1\C(=C/C)NC(=O)C2(CC)CN(C(=O)OC(C)(C)C)CCN12. The highest BCUT2D eigenvalue weighted by Gasteiger charge is 2.53. The average molecular weight is 383 g/mol. The number of aliphatic imine (C=N–C) groups is 1. The van der Waals surface area contributed by atoms with Crippen LogP contribution in [0.3, 0.4) is 0 Å². The van der Waals surface area contributed by atoms with Crippen molar-refractivity contribution in [3.8, 4) is 0 Å². The van der Waals surface area contributed by atoms with E-state index in [-0.39, 0.29) is 17.6 Å². The van der Waals surface area contributed by atoms with Gasteiger partial charge in [-0.05, 0) is 34.1 Å². The van der Waals surface area contributed by atoms with Crippen LogP contribution in [-0.2, 0) is 9.53 Å². The van der Waals surface area contributed by atoms with E-state index < -0.39 is 17.2 Å². The van der Waals surface area contributed by atoms with Gasteiger partial charge in [0.05, 0.1) is 12.2 Å². The summed E-state index contributed by atoms with van der Waals surface area (Å²) in [7, 11) is 0. The first-order valence-electron chi connectivity index (χ1n) is 8.71. The third kappa shape index (κ3) is 3.87. The standard InChI is InChI=1S/C18H27ClN4O3/c1-7-13-14(20-12(3)19)23-10-9-22(16(25)26-17(4,5)6)11-18(23,8-2)15(24)21-13/h7H,3,8-11H2,1-2,4-6H3,(H,21,24)/b13-7+,20-14+. The van der Waals surface area contributed by atoms with Gasteiger partial charge in [-0.1, -0.05) is 31.2 Å². The number of ether oxygens (including phenoxy) is 1. The van der Waals surface area contributed by atoms with Crippen molar-refractivity contribution >= 4 is 29.4 Å². The topological polar surface area (TPSA) is 74.2 Å². The van der Waals surface area contributed by atoms with Crippen molar-refractivity contribution in [3.05, 3.63) is 23.5 Å². The van der Waals surface area contributed by atoms with E-state index in [4.69, 9.17) is 16.3 Å². The van der Waals surface area contributed by atoms with Crippen LogP contribution in [-0.4, -0.2) is 58.4 Å². The Morgan fingerprint density at radius 1 is 1.46 bits per heavy atom. The van der Waals surface area contributed by atoms with Gasteiger partial charge in [0.25, 0.3) is 5.91 Å². The Kier molecular flexibility index (Phi) is 5.70. The lowest BCUT2D eigenvalue weighted by molar-refractivity contribution is -0.135. The molecule has 0 spiro atoms. The van der Waals surface area contributed by atoms with Crippen LogP contribution in [0.2, 0.25) is 0 Å². The molecule has 2 rings (SSSR count). The van der Waals surface area contributed by atoms with Crippen LogP contribution in [0.5, 0.6) is 0 Å². The molecule has 2 heterocycles. The van der Waals surface area contributed by atoms with E-state index in [2.05, 4.69) is 16.9 Å². The second-order valence-electron chi connectivity index (χ2n) is 7.41. The lowest BCUT2D eigenvalue weighted by Gasteiger charge is -2.53. The van der Waals surface area contributed by atoms with E-state index in [1.807, 2.05) is 39.5 Å². The number of amidine groups is 1. The van der Waals surface area contributed by atoms with Crippen molar-refractivity contribution < 1.29 is 14.3 Å². The molecule has 7 nitrogen and oxygen atoms in total. The maximum absolute atomic E-state index is 13.0. The van der Waals surface area contributed by atoms with Crippen molar-refractivity contribution in [1.82, 2.24) is 15.1 Å². The molecule has 1 atom stereocenters. The smallest absolute Gasteiger partial charge is 0.410 e. The third-order valence-electron chi connectivity index (χ3n) is 4.48. The largest absolute Gasteiger partial charge is 0.444 e. The Morgan fingerprint density at radius 3 is 2.62 bits per heavy atom. The normalized spacial score (nSPS) is 26.6. The Balaban J connectivity index is 2.39. The molecule has 2 saturated heterocycles. The minimum atomic E-state index is -0.924. The van der Waals surface area contributed by atoms with Gasteiger partial charge < -0.3 is 19.9 Å². The number of halogens is 1. The van der Waals surface area contributed by atoms with Crippen LogP contribution in [0.15, 0.2) is 28.5 Å². The Morgan fingerprint density at radius 2 is 2.12 bits per heavy atom. The number of rotatable bonds is 2. The second kappa shape index (κ2) is 7.31. The summed E-state index contributed by atoms with van der Waals surface area (Å²) in [6.45, 7) is 13.9. The van der Waals surface area contributed by atoms with Gasteiger partial charge in [-0.25, -0.2) is 9.79 Å². The molecule has 8 heteroatoms. The second-order valence-corrected chi connectivity index (χ2v) is 7.84. The fraction of sp³-hybridized carbons (Fsp3) is 0.611. The highest BCUT2D eigenvalue weighted by atomic mass is 35.5. The quantitative estimate of drug-likeness (QED) is 0.745. The fourth-order valence-electron chi connectivity index (χ4n) is 3.24. The molecule has 2 amide bonds. The summed E-state index contributed by atoms with van der Waals surface area (Å²) in [5, 5.41) is 3.03. The molecule has 2 aliphatic heterocycles. The molecular formula is C18H27ClN4O3. The average Bonchev–Trinajstić information content (AvgIpc) is 2.54. The van der Waals surface area contributed by atoms with Crippen LogP contribution >= 0.6 is 11.6 Å². The van der Waals surface area contributed by atoms with Crippen molar-refractivity contribution in [1.29, 1.82) is 0 Å². The van der Waals surface area contributed by atoms with Gasteiger partial charge in [-0.15, -0.1) is 0 Å². The molecule has 1 unspecified atom stereocenters. The van der Waals surface area contributed by atoms with Gasteiger partial charge in [0, 0.05) is 13.1 Å². The fourth-order valence-corrected chi connectivity index (χ4v) is 3.32. The molecule has 144 valence electrons. The summed E-state index contributed by atoms with van der Waals surface area (Å²) in [6, 6.07) is 0. The summed E-state index contributed by atoms with van der Waals surface area (Å²) in [4.78, 5) is 33.3. The van der Waals surface area contributed by atoms with E-state index >= 15 is 0 Å². The molecule has 0 bridgehead atoms. The number of nitrogens with one attached hydrogen (secondary N) is 1. The molecule has 0 radical (unpaired) electrons. The predicted octanol–water partition coefficient (Wildman–Crippen LogP) is 2.83.